The normalized spacial score (nSPS) is 14.8. The molecule has 4 nitrogen and oxygen atoms in total. The van der Waals surface area contributed by atoms with Gasteiger partial charge in [0.2, 0.25) is 0 Å². The number of nitrogens with zero attached hydrogens (tertiary/aromatic N) is 1. The van der Waals surface area contributed by atoms with Crippen LogP contribution in [0, 0.1) is 11.8 Å². The number of hydrogen-bond acceptors (Lipinski definition) is 4. The molecule has 5 heteroatoms. The fourth-order valence-corrected chi connectivity index (χ4v) is 3.50. The number of carbonyl (C=O) groups is 1. The molecule has 0 aliphatic heterocycles. The summed E-state index contributed by atoms with van der Waals surface area (Å²) in [5.74, 6) is 5.78. The van der Waals surface area contributed by atoms with Crippen molar-refractivity contribution in [2.45, 2.75) is 38.1 Å². The van der Waals surface area contributed by atoms with Crippen LogP contribution in [0.4, 0.5) is 0 Å². The van der Waals surface area contributed by atoms with Gasteiger partial charge in [-0.05, 0) is 24.3 Å². The maximum Gasteiger partial charge on any atom is 0.265 e. The topological polar surface area (TPSA) is 60.8 Å². The molecule has 0 radical (unpaired) electrons. The Morgan fingerprint density at radius 2 is 2.10 bits per heavy atom. The highest BCUT2D eigenvalue weighted by Gasteiger charge is 2.28. The molecule has 21 heavy (non-hydrogen) atoms. The van der Waals surface area contributed by atoms with E-state index in [0.29, 0.717) is 17.8 Å². The minimum Gasteiger partial charge on any atom is -0.395 e. The second kappa shape index (κ2) is 8.18. The summed E-state index contributed by atoms with van der Waals surface area (Å²) < 4.78 is 0. The van der Waals surface area contributed by atoms with Gasteiger partial charge in [-0.15, -0.1) is 11.3 Å². The van der Waals surface area contributed by atoms with Crippen LogP contribution in [0.25, 0.3) is 0 Å². The van der Waals surface area contributed by atoms with Crippen molar-refractivity contribution >= 4 is 17.2 Å². The minimum atomic E-state index is -0.0285. The van der Waals surface area contributed by atoms with E-state index in [1.807, 2.05) is 11.4 Å². The van der Waals surface area contributed by atoms with E-state index in [4.69, 9.17) is 5.11 Å². The molecule has 0 spiro atoms. The highest BCUT2D eigenvalue weighted by molar-refractivity contribution is 7.12. The minimum absolute atomic E-state index is 0.0147. The number of rotatable bonds is 5. The molecule has 0 aromatic carbocycles. The maximum absolute atomic E-state index is 12.7. The lowest BCUT2D eigenvalue weighted by Crippen LogP contribution is -2.40. The number of hydrogen-bond donors (Lipinski definition) is 2. The zero-order chi connectivity index (χ0) is 15.1. The third-order valence-electron chi connectivity index (χ3n) is 3.69. The van der Waals surface area contributed by atoms with Gasteiger partial charge in [0, 0.05) is 24.6 Å². The molecule has 1 aromatic heterocycles. The van der Waals surface area contributed by atoms with Crippen LogP contribution in [0.2, 0.25) is 0 Å². The average Bonchev–Trinajstić information content (AvgIpc) is 3.15. The molecule has 1 amide bonds. The van der Waals surface area contributed by atoms with Crippen LogP contribution < -0.4 is 0 Å². The van der Waals surface area contributed by atoms with E-state index in [1.54, 1.807) is 4.90 Å². The van der Waals surface area contributed by atoms with E-state index in [-0.39, 0.29) is 25.2 Å². The van der Waals surface area contributed by atoms with E-state index in [0.717, 1.165) is 31.2 Å². The zero-order valence-corrected chi connectivity index (χ0v) is 12.9. The molecule has 114 valence electrons. The lowest BCUT2D eigenvalue weighted by atomic mass is 10.1. The molecular weight excluding hydrogens is 286 g/mol. The van der Waals surface area contributed by atoms with Gasteiger partial charge in [-0.3, -0.25) is 4.79 Å². The first-order valence-corrected chi connectivity index (χ1v) is 8.25. The summed E-state index contributed by atoms with van der Waals surface area (Å²) in [6.45, 7) is 0.392. The molecule has 1 fully saturated rings. The second-order valence-electron chi connectivity index (χ2n) is 5.10. The monoisotopic (exact) mass is 307 g/mol. The molecule has 1 aliphatic carbocycles. The second-order valence-corrected chi connectivity index (χ2v) is 6.02. The molecule has 1 saturated carbocycles. The number of aliphatic hydroxyl groups excluding tert-OH is 2. The molecule has 2 rings (SSSR count). The Bertz CT molecular complexity index is 523. The Morgan fingerprint density at radius 1 is 1.33 bits per heavy atom. The average molecular weight is 307 g/mol. The zero-order valence-electron chi connectivity index (χ0n) is 12.0. The van der Waals surface area contributed by atoms with Crippen LogP contribution in [0.5, 0.6) is 0 Å². The van der Waals surface area contributed by atoms with Crippen LogP contribution in [-0.4, -0.2) is 46.8 Å². The molecule has 2 N–H and O–H groups in total. The smallest absolute Gasteiger partial charge is 0.265 e. The van der Waals surface area contributed by atoms with Crippen molar-refractivity contribution in [3.8, 4) is 11.8 Å². The van der Waals surface area contributed by atoms with Crippen LogP contribution in [0.15, 0.2) is 11.4 Å². The lowest BCUT2D eigenvalue weighted by Gasteiger charge is -2.28. The summed E-state index contributed by atoms with van der Waals surface area (Å²) in [5, 5.41) is 19.9. The predicted molar refractivity (Wildman–Crippen MR) is 83.3 cm³/mol. The number of amides is 1. The standard InChI is InChI=1S/C16H21NO3S/c18-10-4-3-5-13-8-12-21-15(13)16(20)17(9-11-19)14-6-1-2-7-14/h8,12,14,18-19H,1-2,4,6-7,9-11H2. The fraction of sp³-hybridized carbons (Fsp3) is 0.562. The Labute approximate surface area is 129 Å². The quantitative estimate of drug-likeness (QED) is 0.816. The summed E-state index contributed by atoms with van der Waals surface area (Å²) in [5.41, 5.74) is 0.722. The van der Waals surface area contributed by atoms with Gasteiger partial charge in [0.25, 0.3) is 5.91 Å². The molecule has 0 unspecified atom stereocenters. The molecule has 1 heterocycles. The van der Waals surface area contributed by atoms with Crippen LogP contribution >= 0.6 is 11.3 Å². The van der Waals surface area contributed by atoms with Crippen molar-refractivity contribution in [1.29, 1.82) is 0 Å². The summed E-state index contributed by atoms with van der Waals surface area (Å²) in [6, 6.07) is 2.08. The van der Waals surface area contributed by atoms with Crippen molar-refractivity contribution in [3.63, 3.8) is 0 Å². The molecule has 0 atom stereocenters. The summed E-state index contributed by atoms with van der Waals surface area (Å²) in [7, 11) is 0. The first kappa shape index (κ1) is 16.0. The molecule has 0 saturated heterocycles. The Kier molecular flexibility index (Phi) is 6.24. The van der Waals surface area contributed by atoms with E-state index < -0.39 is 0 Å². The van der Waals surface area contributed by atoms with Gasteiger partial charge in [-0.1, -0.05) is 24.7 Å². The van der Waals surface area contributed by atoms with E-state index in [1.165, 1.54) is 11.3 Å². The van der Waals surface area contributed by atoms with Crippen LogP contribution in [-0.2, 0) is 0 Å². The van der Waals surface area contributed by atoms with Crippen LogP contribution in [0.1, 0.15) is 47.3 Å². The number of thiophene rings is 1. The SMILES string of the molecule is O=C(c1sccc1C#CCCO)N(CCO)C1CCCC1. The van der Waals surface area contributed by atoms with Crippen molar-refractivity contribution < 1.29 is 15.0 Å². The first-order valence-electron chi connectivity index (χ1n) is 7.37. The summed E-state index contributed by atoms with van der Waals surface area (Å²) >= 11 is 1.39. The Morgan fingerprint density at radius 3 is 2.76 bits per heavy atom. The van der Waals surface area contributed by atoms with Gasteiger partial charge < -0.3 is 15.1 Å². The summed E-state index contributed by atoms with van der Waals surface area (Å²) in [6.07, 6.45) is 4.73. The molecule has 0 bridgehead atoms. The van der Waals surface area contributed by atoms with Crippen molar-refractivity contribution in [2.75, 3.05) is 19.8 Å². The number of carbonyl (C=O) groups excluding carboxylic acids is 1. The Hall–Kier alpha value is -1.35. The van der Waals surface area contributed by atoms with Crippen LogP contribution in [0.3, 0.4) is 0 Å². The highest BCUT2D eigenvalue weighted by atomic mass is 32.1. The van der Waals surface area contributed by atoms with Gasteiger partial charge in [0.15, 0.2) is 0 Å². The lowest BCUT2D eigenvalue weighted by molar-refractivity contribution is 0.0643. The van der Waals surface area contributed by atoms with Gasteiger partial charge in [-0.2, -0.15) is 0 Å². The molecular formula is C16H21NO3S. The van der Waals surface area contributed by atoms with E-state index in [2.05, 4.69) is 11.8 Å². The largest absolute Gasteiger partial charge is 0.395 e. The highest BCUT2D eigenvalue weighted by Crippen LogP contribution is 2.27. The molecule has 1 aromatic rings. The van der Waals surface area contributed by atoms with Crippen molar-refractivity contribution in [3.05, 3.63) is 21.9 Å². The van der Waals surface area contributed by atoms with Gasteiger partial charge in [0.1, 0.15) is 4.88 Å². The maximum atomic E-state index is 12.7. The third-order valence-corrected chi connectivity index (χ3v) is 4.59. The number of aliphatic hydroxyl groups is 2. The molecule has 1 aliphatic rings. The third kappa shape index (κ3) is 4.07. The van der Waals surface area contributed by atoms with Crippen molar-refractivity contribution in [2.24, 2.45) is 0 Å². The predicted octanol–water partition coefficient (Wildman–Crippen LogP) is 1.86. The van der Waals surface area contributed by atoms with Gasteiger partial charge >= 0.3 is 0 Å². The van der Waals surface area contributed by atoms with Gasteiger partial charge in [0.05, 0.1) is 13.2 Å². The summed E-state index contributed by atoms with van der Waals surface area (Å²) in [4.78, 5) is 15.2. The fourth-order valence-electron chi connectivity index (χ4n) is 2.69. The Balaban J connectivity index is 2.17. The van der Waals surface area contributed by atoms with Gasteiger partial charge in [-0.25, -0.2) is 0 Å². The van der Waals surface area contributed by atoms with Crippen molar-refractivity contribution in [1.82, 2.24) is 4.90 Å². The van der Waals surface area contributed by atoms with E-state index >= 15 is 0 Å². The van der Waals surface area contributed by atoms with E-state index in [9.17, 15) is 9.90 Å². The first-order chi connectivity index (χ1) is 10.3.